The molecule has 4 nitrogen and oxygen atoms in total. The van der Waals surface area contributed by atoms with Gasteiger partial charge in [-0.2, -0.15) is 0 Å². The van der Waals surface area contributed by atoms with Gasteiger partial charge in [0.2, 0.25) is 0 Å². The first-order valence-corrected chi connectivity index (χ1v) is 7.97. The van der Waals surface area contributed by atoms with Crippen LogP contribution in [-0.4, -0.2) is 42.4 Å². The average molecular weight is 258 g/mol. The first kappa shape index (κ1) is 15.1. The maximum Gasteiger partial charge on any atom is 0.129 e. The molecule has 1 unspecified atom stereocenters. The topological polar surface area (TPSA) is 48.1 Å². The lowest BCUT2D eigenvalue weighted by molar-refractivity contribution is 0.120. The molecule has 1 saturated carbocycles. The van der Waals surface area contributed by atoms with Crippen LogP contribution >= 0.6 is 0 Å². The highest BCUT2D eigenvalue weighted by Gasteiger charge is 2.37. The largest absolute Gasteiger partial charge is 0.316 e. The fourth-order valence-corrected chi connectivity index (χ4v) is 3.54. The third-order valence-electron chi connectivity index (χ3n) is 4.26. The van der Waals surface area contributed by atoms with Gasteiger partial charge in [0.1, 0.15) is 5.79 Å². The maximum atomic E-state index is 3.88. The van der Waals surface area contributed by atoms with Gasteiger partial charge in [0.15, 0.2) is 0 Å². The van der Waals surface area contributed by atoms with E-state index in [0.29, 0.717) is 5.54 Å². The zero-order chi connectivity index (χ0) is 12.8. The molecule has 0 aliphatic heterocycles. The van der Waals surface area contributed by atoms with Gasteiger partial charge in [-0.1, -0.05) is 26.2 Å². The molecule has 1 rings (SSSR count). The van der Waals surface area contributed by atoms with Crippen molar-refractivity contribution in [2.24, 2.45) is 0 Å². The van der Waals surface area contributed by atoms with Crippen molar-refractivity contribution in [3.63, 3.8) is 0 Å². The molecule has 0 aromatic rings. The van der Waals surface area contributed by atoms with Gasteiger partial charge in [0, 0.05) is 12.1 Å². The first-order chi connectivity index (χ1) is 8.16. The quantitative estimate of drug-likeness (QED) is 0.372. The Kier molecular flexibility index (Phi) is 6.09. The lowest BCUT2D eigenvalue weighted by Gasteiger charge is -2.47. The number of hydrogen-bond donors (Lipinski definition) is 4. The predicted octanol–water partition coefficient (Wildman–Crippen LogP) is -0.348. The fourth-order valence-electron chi connectivity index (χ4n) is 2.98. The second-order valence-electron chi connectivity index (χ2n) is 5.26. The van der Waals surface area contributed by atoms with Crippen LogP contribution in [0.5, 0.6) is 0 Å². The van der Waals surface area contributed by atoms with Crippen LogP contribution < -0.4 is 20.9 Å². The summed E-state index contributed by atoms with van der Waals surface area (Å²) >= 11 is 0. The van der Waals surface area contributed by atoms with Gasteiger partial charge in [0.05, 0.1) is 10.4 Å². The van der Waals surface area contributed by atoms with Crippen LogP contribution in [0.25, 0.3) is 0 Å². The predicted molar refractivity (Wildman–Crippen MR) is 78.0 cm³/mol. The zero-order valence-electron chi connectivity index (χ0n) is 11.9. The lowest BCUT2D eigenvalue weighted by Crippen LogP contribution is -2.74. The summed E-state index contributed by atoms with van der Waals surface area (Å²) in [6.45, 7) is 3.21. The van der Waals surface area contributed by atoms with Crippen molar-refractivity contribution in [3.8, 4) is 0 Å². The minimum Gasteiger partial charge on any atom is -0.316 e. The molecule has 1 fully saturated rings. The third-order valence-corrected chi connectivity index (χ3v) is 5.12. The molecule has 1 aliphatic rings. The Morgan fingerprint density at radius 1 is 1.18 bits per heavy atom. The van der Waals surface area contributed by atoms with Gasteiger partial charge in [-0.15, -0.1) is 0 Å². The fraction of sp³-hybridized carbons (Fsp3) is 1.00. The van der Waals surface area contributed by atoms with E-state index in [1.54, 1.807) is 0 Å². The molecule has 1 aliphatic carbocycles. The molecule has 0 spiro atoms. The molecule has 0 saturated heterocycles. The number of likely N-dealkylation sites (N-methyl/N-ethyl adjacent to an activating group) is 2. The Labute approximate surface area is 109 Å². The van der Waals surface area contributed by atoms with Crippen molar-refractivity contribution in [2.75, 3.05) is 20.6 Å². The van der Waals surface area contributed by atoms with Gasteiger partial charge >= 0.3 is 0 Å². The lowest BCUT2D eigenvalue weighted by atomic mass is 9.79. The minimum atomic E-state index is -0.145. The van der Waals surface area contributed by atoms with E-state index in [1.807, 2.05) is 14.1 Å². The SMILES string of the molecule is CCC1(NC(CNC)(NC)N[SiH3])CCCCC1. The van der Waals surface area contributed by atoms with Crippen LogP contribution in [0.1, 0.15) is 45.4 Å². The van der Waals surface area contributed by atoms with E-state index in [4.69, 9.17) is 0 Å². The smallest absolute Gasteiger partial charge is 0.129 e. The normalized spacial score (nSPS) is 23.5. The molecule has 0 radical (unpaired) electrons. The summed E-state index contributed by atoms with van der Waals surface area (Å²) in [6, 6.07) is 0. The standard InChI is InChI=1S/C12H30N4Si/c1-4-11(8-6-5-7-9-11)15-12(14-3,16-17)10-13-2/h13-16H,4-10H2,1-3,17H3. The van der Waals surface area contributed by atoms with Crippen LogP contribution in [0.4, 0.5) is 0 Å². The van der Waals surface area contributed by atoms with E-state index in [9.17, 15) is 0 Å². The molecule has 5 heteroatoms. The molecule has 0 aromatic heterocycles. The van der Waals surface area contributed by atoms with Crippen molar-refractivity contribution in [2.45, 2.75) is 56.8 Å². The summed E-state index contributed by atoms with van der Waals surface area (Å²) < 4.78 is 0. The highest BCUT2D eigenvalue weighted by Crippen LogP contribution is 2.31. The van der Waals surface area contributed by atoms with Crippen molar-refractivity contribution in [1.82, 2.24) is 20.9 Å². The van der Waals surface area contributed by atoms with Crippen LogP contribution in [0.3, 0.4) is 0 Å². The maximum absolute atomic E-state index is 3.88. The third kappa shape index (κ3) is 3.76. The highest BCUT2D eigenvalue weighted by atomic mass is 28.2. The average Bonchev–Trinajstić information content (AvgIpc) is 2.39. The Morgan fingerprint density at radius 3 is 2.24 bits per heavy atom. The molecule has 1 atom stereocenters. The van der Waals surface area contributed by atoms with Crippen molar-refractivity contribution in [3.05, 3.63) is 0 Å². The first-order valence-electron chi connectivity index (χ1n) is 6.97. The van der Waals surface area contributed by atoms with Crippen molar-refractivity contribution < 1.29 is 0 Å². The second kappa shape index (κ2) is 6.85. The molecule has 102 valence electrons. The molecule has 0 amide bonds. The van der Waals surface area contributed by atoms with Crippen molar-refractivity contribution >= 4 is 10.4 Å². The van der Waals surface area contributed by atoms with Crippen LogP contribution in [0, 0.1) is 0 Å². The van der Waals surface area contributed by atoms with Gasteiger partial charge < -0.3 is 10.3 Å². The minimum absolute atomic E-state index is 0.145. The Morgan fingerprint density at radius 2 is 1.82 bits per heavy atom. The summed E-state index contributed by atoms with van der Waals surface area (Å²) in [5, 5.41) is 10.6. The molecule has 17 heavy (non-hydrogen) atoms. The molecular formula is C12H30N4Si. The highest BCUT2D eigenvalue weighted by molar-refractivity contribution is 6.04. The van der Waals surface area contributed by atoms with E-state index in [-0.39, 0.29) is 5.79 Å². The molecular weight excluding hydrogens is 228 g/mol. The number of rotatable bonds is 7. The van der Waals surface area contributed by atoms with Crippen molar-refractivity contribution in [1.29, 1.82) is 0 Å². The van der Waals surface area contributed by atoms with E-state index >= 15 is 0 Å². The summed E-state index contributed by atoms with van der Waals surface area (Å²) in [5.41, 5.74) is 0.315. The second-order valence-corrected chi connectivity index (χ2v) is 5.76. The molecule has 4 N–H and O–H groups in total. The summed E-state index contributed by atoms with van der Waals surface area (Å²) in [5.74, 6) is -0.145. The van der Waals surface area contributed by atoms with Crippen LogP contribution in [-0.2, 0) is 0 Å². The van der Waals surface area contributed by atoms with E-state index in [1.165, 1.54) is 38.5 Å². The number of nitrogens with one attached hydrogen (secondary N) is 4. The Hall–Kier alpha value is 0.0569. The Balaban J connectivity index is 2.74. The monoisotopic (exact) mass is 258 g/mol. The van der Waals surface area contributed by atoms with Gasteiger partial charge in [-0.3, -0.25) is 10.6 Å². The van der Waals surface area contributed by atoms with Gasteiger partial charge in [-0.25, -0.2) is 0 Å². The van der Waals surface area contributed by atoms with Crippen LogP contribution in [0.15, 0.2) is 0 Å². The zero-order valence-corrected chi connectivity index (χ0v) is 13.9. The summed E-state index contributed by atoms with van der Waals surface area (Å²) in [7, 11) is 5.01. The molecule has 0 aromatic carbocycles. The van der Waals surface area contributed by atoms with Crippen LogP contribution in [0.2, 0.25) is 0 Å². The number of hydrogen-bond acceptors (Lipinski definition) is 4. The summed E-state index contributed by atoms with van der Waals surface area (Å²) in [4.78, 5) is 3.53. The van der Waals surface area contributed by atoms with Gasteiger partial charge in [0.25, 0.3) is 0 Å². The molecule has 0 bridgehead atoms. The van der Waals surface area contributed by atoms with E-state index < -0.39 is 0 Å². The van der Waals surface area contributed by atoms with Gasteiger partial charge in [-0.05, 0) is 33.4 Å². The van der Waals surface area contributed by atoms with E-state index in [0.717, 1.165) is 16.9 Å². The van der Waals surface area contributed by atoms with E-state index in [2.05, 4.69) is 27.9 Å². The Bertz CT molecular complexity index is 200. The molecule has 0 heterocycles. The summed E-state index contributed by atoms with van der Waals surface area (Å²) in [6.07, 6.45) is 7.95.